The Morgan fingerprint density at radius 1 is 1.04 bits per heavy atom. The van der Waals surface area contributed by atoms with Crippen molar-refractivity contribution >= 4 is 17.5 Å². The van der Waals surface area contributed by atoms with E-state index in [4.69, 9.17) is 4.98 Å². The fourth-order valence-corrected chi connectivity index (χ4v) is 2.89. The number of rotatable bonds is 6. The molecule has 0 aliphatic heterocycles. The highest BCUT2D eigenvalue weighted by atomic mass is 16.4. The molecule has 5 nitrogen and oxygen atoms in total. The number of para-hydroxylation sites is 1. The van der Waals surface area contributed by atoms with Gasteiger partial charge in [-0.1, -0.05) is 55.5 Å². The van der Waals surface area contributed by atoms with Crippen LogP contribution in [0, 0.1) is 19.8 Å². The molecule has 0 saturated carbocycles. The first-order valence-corrected chi connectivity index (χ1v) is 8.94. The van der Waals surface area contributed by atoms with Gasteiger partial charge in [0.15, 0.2) is 5.82 Å². The van der Waals surface area contributed by atoms with Crippen LogP contribution >= 0.6 is 0 Å². The largest absolute Gasteiger partial charge is 0.481 e. The van der Waals surface area contributed by atoms with Crippen molar-refractivity contribution < 1.29 is 9.90 Å². The second-order valence-electron chi connectivity index (χ2n) is 6.71. The summed E-state index contributed by atoms with van der Waals surface area (Å²) < 4.78 is 0. The van der Waals surface area contributed by atoms with Crippen LogP contribution in [0.3, 0.4) is 0 Å². The van der Waals surface area contributed by atoms with E-state index in [1.165, 1.54) is 0 Å². The molecule has 0 amide bonds. The van der Waals surface area contributed by atoms with E-state index in [2.05, 4.69) is 10.3 Å². The van der Waals surface area contributed by atoms with Crippen LogP contribution in [0.1, 0.15) is 23.7 Å². The molecule has 27 heavy (non-hydrogen) atoms. The van der Waals surface area contributed by atoms with Crippen LogP contribution in [0.5, 0.6) is 0 Å². The maximum atomic E-state index is 11.4. The SMILES string of the molecule is Cc1ccccc1Nc1nc(-c2ccccc2)nc(C)c1CC(C)C(=O)O. The molecule has 0 aliphatic rings. The van der Waals surface area contributed by atoms with Crippen molar-refractivity contribution in [1.29, 1.82) is 0 Å². The van der Waals surface area contributed by atoms with Crippen LogP contribution in [-0.2, 0) is 11.2 Å². The number of hydrogen-bond donors (Lipinski definition) is 2. The van der Waals surface area contributed by atoms with Gasteiger partial charge in [0.2, 0.25) is 0 Å². The summed E-state index contributed by atoms with van der Waals surface area (Å²) in [5.41, 5.74) is 4.57. The molecule has 2 N–H and O–H groups in total. The zero-order valence-corrected chi connectivity index (χ0v) is 15.7. The van der Waals surface area contributed by atoms with E-state index in [0.29, 0.717) is 18.1 Å². The third-order valence-electron chi connectivity index (χ3n) is 4.58. The maximum Gasteiger partial charge on any atom is 0.306 e. The Morgan fingerprint density at radius 3 is 2.37 bits per heavy atom. The molecule has 0 radical (unpaired) electrons. The molecule has 0 spiro atoms. The van der Waals surface area contributed by atoms with Gasteiger partial charge in [-0.25, -0.2) is 9.97 Å². The highest BCUT2D eigenvalue weighted by Crippen LogP contribution is 2.28. The smallest absolute Gasteiger partial charge is 0.306 e. The molecule has 0 saturated heterocycles. The van der Waals surface area contributed by atoms with Crippen molar-refractivity contribution in [1.82, 2.24) is 9.97 Å². The van der Waals surface area contributed by atoms with Crippen LogP contribution in [0.2, 0.25) is 0 Å². The lowest BCUT2D eigenvalue weighted by Crippen LogP contribution is -2.16. The van der Waals surface area contributed by atoms with Crippen molar-refractivity contribution in [3.63, 3.8) is 0 Å². The lowest BCUT2D eigenvalue weighted by atomic mass is 10.00. The number of anilines is 2. The minimum atomic E-state index is -0.830. The third-order valence-corrected chi connectivity index (χ3v) is 4.58. The first-order valence-electron chi connectivity index (χ1n) is 8.94. The molecule has 5 heteroatoms. The normalized spacial score (nSPS) is 11.8. The second kappa shape index (κ2) is 7.99. The standard InChI is InChI=1S/C22H23N3O2/c1-14-9-7-8-12-19(14)24-21-18(13-15(2)22(26)27)16(3)23-20(25-21)17-10-5-4-6-11-17/h4-12,15H,13H2,1-3H3,(H,26,27)(H,23,24,25). The van der Waals surface area contributed by atoms with E-state index in [0.717, 1.165) is 28.1 Å². The summed E-state index contributed by atoms with van der Waals surface area (Å²) in [5.74, 6) is -0.0738. The van der Waals surface area contributed by atoms with Crippen LogP contribution in [0.15, 0.2) is 54.6 Å². The zero-order chi connectivity index (χ0) is 19.4. The van der Waals surface area contributed by atoms with Gasteiger partial charge in [-0.15, -0.1) is 0 Å². The molecular weight excluding hydrogens is 338 g/mol. The molecule has 1 unspecified atom stereocenters. The summed E-state index contributed by atoms with van der Waals surface area (Å²) in [5, 5.41) is 12.7. The number of carboxylic acid groups (broad SMARTS) is 1. The topological polar surface area (TPSA) is 75.1 Å². The van der Waals surface area contributed by atoms with Crippen LogP contribution in [-0.4, -0.2) is 21.0 Å². The van der Waals surface area contributed by atoms with E-state index in [-0.39, 0.29) is 0 Å². The van der Waals surface area contributed by atoms with Gasteiger partial charge in [0, 0.05) is 22.5 Å². The minimum absolute atomic E-state index is 0.366. The lowest BCUT2D eigenvalue weighted by Gasteiger charge is -2.17. The predicted molar refractivity (Wildman–Crippen MR) is 107 cm³/mol. The summed E-state index contributed by atoms with van der Waals surface area (Å²) in [4.78, 5) is 20.7. The lowest BCUT2D eigenvalue weighted by molar-refractivity contribution is -0.141. The van der Waals surface area contributed by atoms with Gasteiger partial charge in [0.1, 0.15) is 5.82 Å². The first-order chi connectivity index (χ1) is 13.0. The molecule has 0 bridgehead atoms. The van der Waals surface area contributed by atoms with Gasteiger partial charge in [-0.05, 0) is 31.9 Å². The monoisotopic (exact) mass is 361 g/mol. The quantitative estimate of drug-likeness (QED) is 0.662. The summed E-state index contributed by atoms with van der Waals surface area (Å²) in [7, 11) is 0. The molecule has 3 aromatic rings. The van der Waals surface area contributed by atoms with Crippen LogP contribution in [0.25, 0.3) is 11.4 Å². The Bertz CT molecular complexity index is 955. The number of nitrogens with zero attached hydrogens (tertiary/aromatic N) is 2. The van der Waals surface area contributed by atoms with Crippen molar-refractivity contribution in [3.8, 4) is 11.4 Å². The van der Waals surface area contributed by atoms with E-state index in [1.807, 2.05) is 68.4 Å². The third kappa shape index (κ3) is 4.31. The van der Waals surface area contributed by atoms with Gasteiger partial charge in [0.25, 0.3) is 0 Å². The summed E-state index contributed by atoms with van der Waals surface area (Å²) in [6.07, 6.45) is 0.366. The van der Waals surface area contributed by atoms with E-state index < -0.39 is 11.9 Å². The molecule has 0 fully saturated rings. The molecule has 3 rings (SSSR count). The van der Waals surface area contributed by atoms with Gasteiger partial charge in [-0.2, -0.15) is 0 Å². The van der Waals surface area contributed by atoms with Gasteiger partial charge >= 0.3 is 5.97 Å². The van der Waals surface area contributed by atoms with E-state index in [1.54, 1.807) is 6.92 Å². The number of benzene rings is 2. The Hall–Kier alpha value is -3.21. The Balaban J connectivity index is 2.09. The zero-order valence-electron chi connectivity index (χ0n) is 15.7. The molecule has 0 aliphatic carbocycles. The number of aryl methyl sites for hydroxylation is 2. The van der Waals surface area contributed by atoms with Crippen LogP contribution < -0.4 is 5.32 Å². The number of nitrogens with one attached hydrogen (secondary N) is 1. The number of aliphatic carboxylic acids is 1. The van der Waals surface area contributed by atoms with E-state index in [9.17, 15) is 9.90 Å². The number of carbonyl (C=O) groups is 1. The number of carboxylic acids is 1. The van der Waals surface area contributed by atoms with Crippen molar-refractivity contribution in [2.45, 2.75) is 27.2 Å². The van der Waals surface area contributed by atoms with Gasteiger partial charge in [0.05, 0.1) is 5.92 Å². The molecular formula is C22H23N3O2. The molecule has 2 aromatic carbocycles. The molecule has 1 atom stereocenters. The predicted octanol–water partition coefficient (Wildman–Crippen LogP) is 4.77. The Morgan fingerprint density at radius 2 is 1.70 bits per heavy atom. The fraction of sp³-hybridized carbons (Fsp3) is 0.227. The number of hydrogen-bond acceptors (Lipinski definition) is 4. The van der Waals surface area contributed by atoms with Crippen LogP contribution in [0.4, 0.5) is 11.5 Å². The fourth-order valence-electron chi connectivity index (χ4n) is 2.89. The summed E-state index contributed by atoms with van der Waals surface area (Å²) in [6.45, 7) is 5.62. The van der Waals surface area contributed by atoms with Crippen molar-refractivity contribution in [2.24, 2.45) is 5.92 Å². The first kappa shape index (κ1) is 18.6. The van der Waals surface area contributed by atoms with E-state index >= 15 is 0 Å². The average Bonchev–Trinajstić information content (AvgIpc) is 2.66. The van der Waals surface area contributed by atoms with Gasteiger partial charge in [-0.3, -0.25) is 4.79 Å². The average molecular weight is 361 g/mol. The van der Waals surface area contributed by atoms with Crippen molar-refractivity contribution in [2.75, 3.05) is 5.32 Å². The molecule has 1 aromatic heterocycles. The number of aromatic nitrogens is 2. The summed E-state index contributed by atoms with van der Waals surface area (Å²) in [6, 6.07) is 17.7. The summed E-state index contributed by atoms with van der Waals surface area (Å²) >= 11 is 0. The Labute approximate surface area is 159 Å². The minimum Gasteiger partial charge on any atom is -0.481 e. The molecule has 1 heterocycles. The second-order valence-corrected chi connectivity index (χ2v) is 6.71. The highest BCUT2D eigenvalue weighted by molar-refractivity contribution is 5.72. The highest BCUT2D eigenvalue weighted by Gasteiger charge is 2.19. The maximum absolute atomic E-state index is 11.4. The van der Waals surface area contributed by atoms with Crippen molar-refractivity contribution in [3.05, 3.63) is 71.4 Å². The molecule has 138 valence electrons. The Kier molecular flexibility index (Phi) is 5.50. The van der Waals surface area contributed by atoms with Gasteiger partial charge < -0.3 is 10.4 Å².